The van der Waals surface area contributed by atoms with Crippen molar-refractivity contribution >= 4 is 27.6 Å². The molecule has 0 spiro atoms. The minimum absolute atomic E-state index is 0.0825. The second kappa shape index (κ2) is 9.56. The first-order valence-corrected chi connectivity index (χ1v) is 12.1. The van der Waals surface area contributed by atoms with Crippen molar-refractivity contribution in [2.24, 2.45) is 0 Å². The first-order chi connectivity index (χ1) is 18.4. The maximum Gasteiger partial charge on any atom is 0.155 e. The lowest BCUT2D eigenvalue weighted by molar-refractivity contribution is 0.425. The molecular weight excluding hydrogens is 483 g/mol. The molecule has 0 saturated heterocycles. The monoisotopic (exact) mass is 508 g/mol. The number of hydrogen-bond donors (Lipinski definition) is 4. The van der Waals surface area contributed by atoms with Crippen LogP contribution in [0.2, 0.25) is 0 Å². The van der Waals surface area contributed by atoms with E-state index in [1.54, 1.807) is 24.7 Å². The standard InChI is InChI=1S/C28H25FN8O/c1-37(2)6-5-31-20-8-16(7-19(29)11-20)26-22-12-25(34-24(22)3-4-32-26)27-23-10-18(14-33-28(23)36-35-27)17-9-21(38)15-30-13-17/h3-4,7-15,31,34,38H,5-6H2,1-2H3,(H,33,35,36). The van der Waals surface area contributed by atoms with E-state index in [9.17, 15) is 9.50 Å². The Balaban J connectivity index is 1.40. The summed E-state index contributed by atoms with van der Waals surface area (Å²) in [6, 6.07) is 12.4. The van der Waals surface area contributed by atoms with Crippen molar-refractivity contribution in [3.63, 3.8) is 0 Å². The van der Waals surface area contributed by atoms with E-state index >= 15 is 0 Å². The van der Waals surface area contributed by atoms with Gasteiger partial charge in [-0.2, -0.15) is 5.10 Å². The van der Waals surface area contributed by atoms with Crippen molar-refractivity contribution in [2.75, 3.05) is 32.5 Å². The molecule has 5 aromatic heterocycles. The van der Waals surface area contributed by atoms with Crippen LogP contribution < -0.4 is 5.32 Å². The number of aromatic amines is 2. The van der Waals surface area contributed by atoms with Crippen LogP contribution in [0.5, 0.6) is 5.75 Å². The second-order valence-corrected chi connectivity index (χ2v) is 9.39. The van der Waals surface area contributed by atoms with Crippen molar-refractivity contribution in [3.8, 4) is 39.5 Å². The van der Waals surface area contributed by atoms with Gasteiger partial charge in [-0.3, -0.25) is 15.1 Å². The summed E-state index contributed by atoms with van der Waals surface area (Å²) in [4.78, 5) is 18.7. The van der Waals surface area contributed by atoms with Crippen molar-refractivity contribution in [1.29, 1.82) is 0 Å². The summed E-state index contributed by atoms with van der Waals surface area (Å²) in [5.41, 5.74) is 6.55. The number of rotatable bonds is 7. The maximum absolute atomic E-state index is 14.6. The fraction of sp³-hybridized carbons (Fsp3) is 0.143. The molecule has 0 aliphatic rings. The molecule has 9 nitrogen and oxygen atoms in total. The fourth-order valence-electron chi connectivity index (χ4n) is 4.52. The van der Waals surface area contributed by atoms with Gasteiger partial charge in [-0.1, -0.05) is 0 Å². The van der Waals surface area contributed by atoms with E-state index in [1.165, 1.54) is 18.3 Å². The predicted molar refractivity (Wildman–Crippen MR) is 146 cm³/mol. The third-order valence-corrected chi connectivity index (χ3v) is 6.34. The van der Waals surface area contributed by atoms with Crippen LogP contribution in [0.4, 0.5) is 10.1 Å². The van der Waals surface area contributed by atoms with E-state index in [2.05, 4.69) is 40.3 Å². The Morgan fingerprint density at radius 3 is 2.63 bits per heavy atom. The molecule has 6 aromatic rings. The Labute approximate surface area is 217 Å². The van der Waals surface area contributed by atoms with Crippen molar-refractivity contribution in [3.05, 3.63) is 73.1 Å². The molecule has 0 amide bonds. The van der Waals surface area contributed by atoms with Gasteiger partial charge in [0.15, 0.2) is 5.65 Å². The minimum atomic E-state index is -0.331. The van der Waals surface area contributed by atoms with Crippen LogP contribution in [0.3, 0.4) is 0 Å². The Kier molecular flexibility index (Phi) is 5.93. The Hall–Kier alpha value is -4.83. The lowest BCUT2D eigenvalue weighted by atomic mass is 10.1. The number of aromatic hydroxyl groups is 1. The Bertz CT molecular complexity index is 1770. The summed E-state index contributed by atoms with van der Waals surface area (Å²) >= 11 is 0. The number of aromatic nitrogens is 6. The smallest absolute Gasteiger partial charge is 0.155 e. The van der Waals surface area contributed by atoms with Crippen LogP contribution in [0.1, 0.15) is 0 Å². The molecule has 0 aliphatic heterocycles. The molecule has 5 heterocycles. The number of hydrogen-bond acceptors (Lipinski definition) is 7. The molecule has 1 aromatic carbocycles. The van der Waals surface area contributed by atoms with E-state index in [-0.39, 0.29) is 11.6 Å². The molecule has 38 heavy (non-hydrogen) atoms. The van der Waals surface area contributed by atoms with Gasteiger partial charge in [0.2, 0.25) is 0 Å². The number of fused-ring (bicyclic) bond motifs is 2. The molecule has 0 atom stereocenters. The van der Waals surface area contributed by atoms with Gasteiger partial charge < -0.3 is 20.3 Å². The summed E-state index contributed by atoms with van der Waals surface area (Å²) in [7, 11) is 3.99. The number of pyridine rings is 3. The highest BCUT2D eigenvalue weighted by Gasteiger charge is 2.16. The van der Waals surface area contributed by atoms with Crippen LogP contribution in [0.15, 0.2) is 67.3 Å². The van der Waals surface area contributed by atoms with Crippen molar-refractivity contribution in [1.82, 2.24) is 35.0 Å². The zero-order valence-electron chi connectivity index (χ0n) is 20.8. The largest absolute Gasteiger partial charge is 0.506 e. The fourth-order valence-corrected chi connectivity index (χ4v) is 4.52. The van der Waals surface area contributed by atoms with Crippen LogP contribution >= 0.6 is 0 Å². The number of anilines is 1. The molecule has 6 rings (SSSR count). The van der Waals surface area contributed by atoms with Crippen LogP contribution in [-0.4, -0.2) is 67.3 Å². The van der Waals surface area contributed by atoms with E-state index in [0.29, 0.717) is 34.8 Å². The van der Waals surface area contributed by atoms with Gasteiger partial charge in [-0.05, 0) is 56.6 Å². The second-order valence-electron chi connectivity index (χ2n) is 9.39. The molecule has 0 aliphatic carbocycles. The minimum Gasteiger partial charge on any atom is -0.506 e. The molecule has 0 fully saturated rings. The highest BCUT2D eigenvalue weighted by Crippen LogP contribution is 2.35. The van der Waals surface area contributed by atoms with Crippen LogP contribution in [0.25, 0.3) is 55.7 Å². The summed E-state index contributed by atoms with van der Waals surface area (Å²) < 4.78 is 14.6. The van der Waals surface area contributed by atoms with Gasteiger partial charge in [0.05, 0.1) is 17.6 Å². The number of nitrogens with zero attached hydrogens (tertiary/aromatic N) is 5. The van der Waals surface area contributed by atoms with Gasteiger partial charge in [-0.15, -0.1) is 0 Å². The van der Waals surface area contributed by atoms with Gasteiger partial charge in [0.1, 0.15) is 17.3 Å². The van der Waals surface area contributed by atoms with Crippen molar-refractivity contribution < 1.29 is 9.50 Å². The van der Waals surface area contributed by atoms with E-state index in [4.69, 9.17) is 0 Å². The highest BCUT2D eigenvalue weighted by molar-refractivity contribution is 6.00. The Morgan fingerprint density at radius 2 is 1.79 bits per heavy atom. The van der Waals surface area contributed by atoms with E-state index in [0.717, 1.165) is 39.7 Å². The quantitative estimate of drug-likeness (QED) is 0.238. The molecule has 190 valence electrons. The van der Waals surface area contributed by atoms with Gasteiger partial charge in [0, 0.05) is 70.3 Å². The number of nitrogens with one attached hydrogen (secondary N) is 3. The average molecular weight is 509 g/mol. The number of likely N-dealkylation sites (N-methyl/N-ethyl adjacent to an activating group) is 1. The predicted octanol–water partition coefficient (Wildman–Crippen LogP) is 5.05. The number of benzene rings is 1. The lowest BCUT2D eigenvalue weighted by Gasteiger charge is -2.12. The highest BCUT2D eigenvalue weighted by atomic mass is 19.1. The van der Waals surface area contributed by atoms with E-state index < -0.39 is 0 Å². The molecule has 4 N–H and O–H groups in total. The summed E-state index contributed by atoms with van der Waals surface area (Å²) in [6.07, 6.45) is 6.48. The Morgan fingerprint density at radius 1 is 0.921 bits per heavy atom. The molecule has 0 radical (unpaired) electrons. The number of halogens is 1. The molecule has 10 heteroatoms. The van der Waals surface area contributed by atoms with Crippen molar-refractivity contribution in [2.45, 2.75) is 0 Å². The molecule has 0 saturated carbocycles. The summed E-state index contributed by atoms with van der Waals surface area (Å²) in [5, 5.41) is 22.3. The molecule has 0 bridgehead atoms. The zero-order valence-corrected chi connectivity index (χ0v) is 20.8. The third kappa shape index (κ3) is 4.53. The zero-order chi connectivity index (χ0) is 26.2. The maximum atomic E-state index is 14.6. The molecular formula is C28H25FN8O. The van der Waals surface area contributed by atoms with Gasteiger partial charge in [-0.25, -0.2) is 9.37 Å². The SMILES string of the molecule is CN(C)CCNc1cc(F)cc(-c2nccc3[nH]c(-c4n[nH]c5ncc(-c6cncc(O)c6)cc45)cc23)c1. The average Bonchev–Trinajstić information content (AvgIpc) is 3.51. The lowest BCUT2D eigenvalue weighted by Crippen LogP contribution is -2.20. The van der Waals surface area contributed by atoms with E-state index in [1.807, 2.05) is 38.4 Å². The molecule has 0 unspecified atom stereocenters. The van der Waals surface area contributed by atoms with Gasteiger partial charge >= 0.3 is 0 Å². The number of H-pyrrole nitrogens is 2. The summed E-state index contributed by atoms with van der Waals surface area (Å²) in [5.74, 6) is -0.248. The normalized spacial score (nSPS) is 11.6. The summed E-state index contributed by atoms with van der Waals surface area (Å²) in [6.45, 7) is 1.53. The van der Waals surface area contributed by atoms with Gasteiger partial charge in [0.25, 0.3) is 0 Å². The topological polar surface area (TPSA) is 119 Å². The first kappa shape index (κ1) is 23.6. The third-order valence-electron chi connectivity index (χ3n) is 6.34. The first-order valence-electron chi connectivity index (χ1n) is 12.1. The van der Waals surface area contributed by atoms with Crippen LogP contribution in [0, 0.1) is 5.82 Å². The van der Waals surface area contributed by atoms with Crippen LogP contribution in [-0.2, 0) is 0 Å².